The van der Waals surface area contributed by atoms with Crippen LogP contribution in [0.25, 0.3) is 0 Å². The average Bonchev–Trinajstić information content (AvgIpc) is 3.25. The molecule has 2 aromatic carbocycles. The van der Waals surface area contributed by atoms with E-state index in [9.17, 15) is 18.0 Å². The van der Waals surface area contributed by atoms with Gasteiger partial charge in [0.25, 0.3) is 0 Å². The molecule has 0 bridgehead atoms. The molecule has 0 aliphatic carbocycles. The van der Waals surface area contributed by atoms with E-state index in [1.807, 2.05) is 24.3 Å². The van der Waals surface area contributed by atoms with Crippen LogP contribution in [0.5, 0.6) is 0 Å². The van der Waals surface area contributed by atoms with Gasteiger partial charge in [0.2, 0.25) is 21.8 Å². The van der Waals surface area contributed by atoms with E-state index in [2.05, 4.69) is 6.92 Å². The predicted octanol–water partition coefficient (Wildman–Crippen LogP) is 2.98. The molecule has 7 nitrogen and oxygen atoms in total. The van der Waals surface area contributed by atoms with Crippen molar-refractivity contribution in [2.75, 3.05) is 36.0 Å². The molecule has 33 heavy (non-hydrogen) atoms. The third kappa shape index (κ3) is 4.06. The molecule has 3 aliphatic rings. The summed E-state index contributed by atoms with van der Waals surface area (Å²) in [6.07, 6.45) is 3.29. The highest BCUT2D eigenvalue weighted by atomic mass is 32.2. The van der Waals surface area contributed by atoms with Gasteiger partial charge in [0.15, 0.2) is 0 Å². The fourth-order valence-electron chi connectivity index (χ4n) is 5.06. The number of amides is 2. The largest absolute Gasteiger partial charge is 0.310 e. The molecule has 0 spiro atoms. The minimum absolute atomic E-state index is 0.0454. The first kappa shape index (κ1) is 22.1. The van der Waals surface area contributed by atoms with Crippen molar-refractivity contribution in [3.05, 3.63) is 53.6 Å². The first-order valence-electron chi connectivity index (χ1n) is 11.7. The van der Waals surface area contributed by atoms with E-state index >= 15 is 0 Å². The topological polar surface area (TPSA) is 78.0 Å². The fourth-order valence-corrected chi connectivity index (χ4v) is 6.58. The van der Waals surface area contributed by atoms with E-state index in [1.54, 1.807) is 27.4 Å². The molecule has 0 atom stereocenters. The van der Waals surface area contributed by atoms with Gasteiger partial charge in [0, 0.05) is 37.4 Å². The number of rotatable bonds is 4. The van der Waals surface area contributed by atoms with Gasteiger partial charge in [-0.1, -0.05) is 25.1 Å². The Bertz CT molecular complexity index is 1200. The van der Waals surface area contributed by atoms with Crippen LogP contribution in [0.1, 0.15) is 37.3 Å². The maximum Gasteiger partial charge on any atom is 0.247 e. The summed E-state index contributed by atoms with van der Waals surface area (Å²) < 4.78 is 27.9. The second kappa shape index (κ2) is 8.57. The lowest BCUT2D eigenvalue weighted by molar-refractivity contribution is -0.122. The second-order valence-corrected chi connectivity index (χ2v) is 11.2. The number of para-hydroxylation sites is 1. The Labute approximate surface area is 195 Å². The van der Waals surface area contributed by atoms with E-state index in [1.165, 1.54) is 4.90 Å². The molecular weight excluding hydrogens is 438 g/mol. The maximum atomic E-state index is 13.2. The van der Waals surface area contributed by atoms with Crippen molar-refractivity contribution in [3.8, 4) is 0 Å². The van der Waals surface area contributed by atoms with Gasteiger partial charge in [-0.05, 0) is 67.0 Å². The number of hydrogen-bond acceptors (Lipinski definition) is 4. The van der Waals surface area contributed by atoms with Crippen molar-refractivity contribution in [2.45, 2.75) is 43.9 Å². The zero-order valence-corrected chi connectivity index (χ0v) is 19.7. The summed E-state index contributed by atoms with van der Waals surface area (Å²) in [5.41, 5.74) is 3.48. The number of hydrogen-bond donors (Lipinski definition) is 0. The van der Waals surface area contributed by atoms with Gasteiger partial charge < -0.3 is 9.80 Å². The van der Waals surface area contributed by atoms with Crippen LogP contribution in [0.15, 0.2) is 47.4 Å². The number of carbonyl (C=O) groups excluding carboxylic acids is 2. The normalized spacial score (nSPS) is 19.5. The standard InChI is InChI=1S/C25H29N3O4S/c1-18-10-13-26(14-11-18)33(31,32)21-7-8-23-20(16-21)6-9-24(29)28(23)17-25(30)27-15-12-19-4-2-3-5-22(19)27/h2-5,7-8,16,18H,6,9-15,17H2,1H3. The number of piperidine rings is 1. The van der Waals surface area contributed by atoms with Crippen LogP contribution in [0.2, 0.25) is 0 Å². The van der Waals surface area contributed by atoms with E-state index in [0.29, 0.717) is 37.7 Å². The minimum atomic E-state index is -3.56. The first-order chi connectivity index (χ1) is 15.8. The summed E-state index contributed by atoms with van der Waals surface area (Å²) >= 11 is 0. The number of anilines is 2. The molecule has 174 valence electrons. The summed E-state index contributed by atoms with van der Waals surface area (Å²) in [6.45, 7) is 3.79. The average molecular weight is 468 g/mol. The monoisotopic (exact) mass is 467 g/mol. The van der Waals surface area contributed by atoms with Crippen molar-refractivity contribution in [1.29, 1.82) is 0 Å². The zero-order valence-electron chi connectivity index (χ0n) is 18.9. The van der Waals surface area contributed by atoms with Crippen LogP contribution < -0.4 is 9.80 Å². The lowest BCUT2D eigenvalue weighted by atomic mass is 10.0. The van der Waals surface area contributed by atoms with Crippen LogP contribution >= 0.6 is 0 Å². The van der Waals surface area contributed by atoms with Gasteiger partial charge in [-0.3, -0.25) is 9.59 Å². The smallest absolute Gasteiger partial charge is 0.247 e. The van der Waals surface area contributed by atoms with Gasteiger partial charge >= 0.3 is 0 Å². The number of aryl methyl sites for hydroxylation is 1. The Morgan fingerprint density at radius 1 is 0.939 bits per heavy atom. The number of sulfonamides is 1. The minimum Gasteiger partial charge on any atom is -0.310 e. The van der Waals surface area contributed by atoms with E-state index in [-0.39, 0.29) is 29.7 Å². The van der Waals surface area contributed by atoms with E-state index in [4.69, 9.17) is 0 Å². The maximum absolute atomic E-state index is 13.2. The fraction of sp³-hybridized carbons (Fsp3) is 0.440. The van der Waals surface area contributed by atoms with Crippen LogP contribution in [-0.4, -0.2) is 50.7 Å². The highest BCUT2D eigenvalue weighted by Crippen LogP contribution is 2.33. The SMILES string of the molecule is CC1CCN(S(=O)(=O)c2ccc3c(c2)CCC(=O)N3CC(=O)N2CCc3ccccc32)CC1. The lowest BCUT2D eigenvalue weighted by Crippen LogP contribution is -2.44. The van der Waals surface area contributed by atoms with Crippen LogP contribution in [0, 0.1) is 5.92 Å². The lowest BCUT2D eigenvalue weighted by Gasteiger charge is -2.32. The third-order valence-corrected chi connectivity index (χ3v) is 9.01. The highest BCUT2D eigenvalue weighted by molar-refractivity contribution is 7.89. The number of fused-ring (bicyclic) bond motifs is 2. The summed E-state index contributed by atoms with van der Waals surface area (Å²) in [7, 11) is -3.56. The van der Waals surface area contributed by atoms with E-state index < -0.39 is 10.0 Å². The Hall–Kier alpha value is -2.71. The zero-order chi connectivity index (χ0) is 23.2. The summed E-state index contributed by atoms with van der Waals surface area (Å²) in [4.78, 5) is 29.4. The Morgan fingerprint density at radius 3 is 2.48 bits per heavy atom. The molecule has 0 radical (unpaired) electrons. The van der Waals surface area contributed by atoms with E-state index in [0.717, 1.165) is 36.1 Å². The Morgan fingerprint density at radius 2 is 1.70 bits per heavy atom. The van der Waals surface area contributed by atoms with Gasteiger partial charge in [-0.2, -0.15) is 4.31 Å². The van der Waals surface area contributed by atoms with Crippen molar-refractivity contribution < 1.29 is 18.0 Å². The third-order valence-electron chi connectivity index (χ3n) is 7.11. The first-order valence-corrected chi connectivity index (χ1v) is 13.1. The van der Waals surface area contributed by atoms with Crippen LogP contribution in [0.3, 0.4) is 0 Å². The molecule has 0 aromatic heterocycles. The molecule has 2 amide bonds. The predicted molar refractivity (Wildman–Crippen MR) is 127 cm³/mol. The quantitative estimate of drug-likeness (QED) is 0.693. The van der Waals surface area contributed by atoms with Gasteiger partial charge in [-0.25, -0.2) is 8.42 Å². The molecule has 1 fully saturated rings. The second-order valence-electron chi connectivity index (χ2n) is 9.28. The molecule has 8 heteroatoms. The molecule has 0 N–H and O–H groups in total. The Kier molecular flexibility index (Phi) is 5.74. The summed E-state index contributed by atoms with van der Waals surface area (Å²) in [5.74, 6) is 0.309. The number of carbonyl (C=O) groups is 2. The number of benzene rings is 2. The Balaban J connectivity index is 1.38. The summed E-state index contributed by atoms with van der Waals surface area (Å²) in [6, 6.07) is 12.8. The molecule has 3 aliphatic heterocycles. The molecule has 3 heterocycles. The highest BCUT2D eigenvalue weighted by Gasteiger charge is 2.33. The van der Waals surface area contributed by atoms with Crippen molar-refractivity contribution in [1.82, 2.24) is 4.31 Å². The van der Waals surface area contributed by atoms with Gasteiger partial charge in [-0.15, -0.1) is 0 Å². The molecular formula is C25H29N3O4S. The van der Waals surface area contributed by atoms with Crippen molar-refractivity contribution in [3.63, 3.8) is 0 Å². The molecule has 5 rings (SSSR count). The molecule has 2 aromatic rings. The van der Waals surface area contributed by atoms with Crippen LogP contribution in [-0.2, 0) is 32.5 Å². The summed E-state index contributed by atoms with van der Waals surface area (Å²) in [5, 5.41) is 0. The van der Waals surface area contributed by atoms with Crippen LogP contribution in [0.4, 0.5) is 11.4 Å². The van der Waals surface area contributed by atoms with Crippen molar-refractivity contribution >= 4 is 33.2 Å². The molecule has 0 unspecified atom stereocenters. The van der Waals surface area contributed by atoms with Gasteiger partial charge in [0.05, 0.1) is 4.90 Å². The number of nitrogens with zero attached hydrogens (tertiary/aromatic N) is 3. The van der Waals surface area contributed by atoms with Gasteiger partial charge in [0.1, 0.15) is 6.54 Å². The van der Waals surface area contributed by atoms with Crippen molar-refractivity contribution in [2.24, 2.45) is 5.92 Å². The molecule has 0 saturated carbocycles. The molecule has 1 saturated heterocycles.